The Kier molecular flexibility index (Phi) is 32.7. The largest absolute Gasteiger partial charge is 0.499 e. The lowest BCUT2D eigenvalue weighted by Crippen LogP contribution is -2.58. The maximum absolute atomic E-state index is 13.4. The third kappa shape index (κ3) is 28.8. The summed E-state index contributed by atoms with van der Waals surface area (Å²) in [4.78, 5) is 73.7. The van der Waals surface area contributed by atoms with Crippen LogP contribution in [0, 0.1) is 0 Å². The van der Waals surface area contributed by atoms with E-state index in [4.69, 9.17) is 36.7 Å². The van der Waals surface area contributed by atoms with Gasteiger partial charge in [-0.2, -0.15) is 0 Å². The van der Waals surface area contributed by atoms with E-state index in [0.717, 1.165) is 38.5 Å². The Morgan fingerprint density at radius 2 is 1.05 bits per heavy atom. The van der Waals surface area contributed by atoms with Gasteiger partial charge in [-0.05, 0) is 58.2 Å². The molecule has 0 spiro atoms. The highest BCUT2D eigenvalue weighted by molar-refractivity contribution is 7.47. The number of aliphatic hydroxyl groups excluding tert-OH is 1. The fourth-order valence-corrected chi connectivity index (χ4v) is 6.88. The molecular weight excluding hydrogens is 835 g/mol. The van der Waals surface area contributed by atoms with Gasteiger partial charge in [0.1, 0.15) is 5.54 Å². The molecule has 1 heterocycles. The number of amides is 5. The Bertz CT molecular complexity index is 1230. The predicted octanol–water partition coefficient (Wildman–Crippen LogP) is -0.0741. The molecule has 1 aliphatic heterocycles. The number of likely N-dealkylation sites (tertiary alicyclic amines) is 1. The van der Waals surface area contributed by atoms with Gasteiger partial charge in [-0.15, -0.1) is 4.67 Å². The normalized spacial score (nSPS) is 16.2. The molecule has 1 aliphatic rings. The van der Waals surface area contributed by atoms with E-state index >= 15 is 0 Å². The van der Waals surface area contributed by atoms with Crippen LogP contribution < -0.4 is 38.5 Å². The maximum atomic E-state index is 13.4. The van der Waals surface area contributed by atoms with Crippen LogP contribution in [0.2, 0.25) is 0 Å². The molecule has 0 aromatic carbocycles. The summed E-state index contributed by atoms with van der Waals surface area (Å²) in [7, 11) is -4.63. The van der Waals surface area contributed by atoms with Crippen molar-refractivity contribution in [1.82, 2.24) is 26.2 Å². The Morgan fingerprint density at radius 1 is 0.629 bits per heavy atom. The molecule has 1 saturated heterocycles. The molecule has 0 aromatic rings. The van der Waals surface area contributed by atoms with Gasteiger partial charge in [0, 0.05) is 58.3 Å². The second-order valence-corrected chi connectivity index (χ2v) is 16.8. The van der Waals surface area contributed by atoms with E-state index in [1.165, 1.54) is 4.90 Å². The number of hydrogen-bond donors (Lipinski definition) is 10. The first-order valence-electron chi connectivity index (χ1n) is 22.0. The first-order chi connectivity index (χ1) is 29.8. The number of unbranched alkanes of at least 4 members (excludes halogenated alkanes) is 7. The Labute approximate surface area is 366 Å². The predicted molar refractivity (Wildman–Crippen MR) is 229 cm³/mol. The number of carbonyl (C=O) groups excluding carboxylic acids is 5. The standard InChI is InChI=1S/C39H77N8O14P/c40-17-9-20-43-34(49)14-23-57-29-39(30-58-24-15-35(50)44-21-10-18-41,31-59-25-16-36(51)45-22-11-19-42)46-37(52)12-7-5-3-1-2-4-6-8-13-38(53)47-27-33(48)26-32(47)28-60-62(55,56)61-54/h32-33,48,54H,1-31,40-42H2,(H,43,49)(H,44,50)(H,45,51)(H,46,52)(H,55,56)/t32-,33+/m0/s1. The van der Waals surface area contributed by atoms with E-state index in [1.54, 1.807) is 0 Å². The van der Waals surface area contributed by atoms with Crippen LogP contribution in [0.25, 0.3) is 0 Å². The monoisotopic (exact) mass is 913 g/mol. The molecule has 0 aromatic heterocycles. The third-order valence-electron chi connectivity index (χ3n) is 9.86. The zero-order valence-electron chi connectivity index (χ0n) is 36.5. The van der Waals surface area contributed by atoms with Crippen molar-refractivity contribution in [2.24, 2.45) is 17.2 Å². The minimum absolute atomic E-state index is 0.0618. The number of phosphoric acid groups is 1. The highest BCUT2D eigenvalue weighted by atomic mass is 31.2. The van der Waals surface area contributed by atoms with Gasteiger partial charge in [0.2, 0.25) is 29.5 Å². The molecule has 0 aliphatic carbocycles. The summed E-state index contributed by atoms with van der Waals surface area (Å²) >= 11 is 0. The number of nitrogens with one attached hydrogen (secondary N) is 4. The molecule has 0 bridgehead atoms. The Hall–Kier alpha value is -2.86. The number of aliphatic hydroxyl groups is 1. The van der Waals surface area contributed by atoms with Gasteiger partial charge in [0.15, 0.2) is 0 Å². The minimum Gasteiger partial charge on any atom is -0.391 e. The van der Waals surface area contributed by atoms with Crippen molar-refractivity contribution < 1.29 is 67.2 Å². The number of rotatable bonds is 40. The molecule has 23 heteroatoms. The molecule has 3 atom stereocenters. The van der Waals surface area contributed by atoms with Crippen molar-refractivity contribution in [3.63, 3.8) is 0 Å². The van der Waals surface area contributed by atoms with E-state index in [-0.39, 0.29) is 121 Å². The molecule has 22 nitrogen and oxygen atoms in total. The number of phosphoric ester groups is 1. The zero-order valence-corrected chi connectivity index (χ0v) is 37.4. The number of carbonyl (C=O) groups is 5. The fraction of sp³-hybridized carbons (Fsp3) is 0.872. The van der Waals surface area contributed by atoms with E-state index in [9.17, 15) is 38.5 Å². The third-order valence-corrected chi connectivity index (χ3v) is 10.5. The van der Waals surface area contributed by atoms with Gasteiger partial charge in [0.25, 0.3) is 0 Å². The fourth-order valence-electron chi connectivity index (χ4n) is 6.47. The van der Waals surface area contributed by atoms with Crippen LogP contribution in [0.3, 0.4) is 0 Å². The number of ether oxygens (including phenoxy) is 3. The quantitative estimate of drug-likeness (QED) is 0.0166. The second kappa shape index (κ2) is 35.5. The molecule has 1 unspecified atom stereocenters. The van der Waals surface area contributed by atoms with Gasteiger partial charge in [-0.25, -0.2) is 9.82 Å². The van der Waals surface area contributed by atoms with Crippen molar-refractivity contribution in [2.75, 3.05) is 92.1 Å². The van der Waals surface area contributed by atoms with Crippen molar-refractivity contribution in [1.29, 1.82) is 0 Å². The second-order valence-electron chi connectivity index (χ2n) is 15.5. The van der Waals surface area contributed by atoms with Gasteiger partial charge >= 0.3 is 7.82 Å². The van der Waals surface area contributed by atoms with Crippen LogP contribution in [-0.4, -0.2) is 159 Å². The number of nitrogens with zero attached hydrogens (tertiary/aromatic N) is 1. The summed E-state index contributed by atoms with van der Waals surface area (Å²) in [6, 6.07) is -0.606. The summed E-state index contributed by atoms with van der Waals surface area (Å²) in [5.74, 6) is -1.05. The van der Waals surface area contributed by atoms with E-state index in [1.807, 2.05) is 0 Å². The molecule has 362 valence electrons. The highest BCUT2D eigenvalue weighted by Gasteiger charge is 2.36. The first kappa shape index (κ1) is 57.2. The van der Waals surface area contributed by atoms with Gasteiger partial charge < -0.3 is 67.6 Å². The lowest BCUT2D eigenvalue weighted by Gasteiger charge is -2.34. The first-order valence-corrected chi connectivity index (χ1v) is 23.5. The SMILES string of the molecule is NCCCNC(=O)CCOCC(COCCC(=O)NCCCN)(COCCC(=O)NCCCN)NC(=O)CCCCCCCCCCC(=O)N1C[C@H](O)C[C@H]1COP(=O)(O)OO. The molecule has 13 N–H and O–H groups in total. The number of nitrogens with two attached hydrogens (primary N) is 3. The molecule has 62 heavy (non-hydrogen) atoms. The van der Waals surface area contributed by atoms with Crippen molar-refractivity contribution >= 4 is 37.4 Å². The zero-order chi connectivity index (χ0) is 45.9. The van der Waals surface area contributed by atoms with Gasteiger partial charge in [0.05, 0.1) is 58.4 Å². The maximum Gasteiger partial charge on any atom is 0.499 e. The summed E-state index contributed by atoms with van der Waals surface area (Å²) in [6.07, 6.45) is 8.68. The van der Waals surface area contributed by atoms with Crippen LogP contribution >= 0.6 is 7.82 Å². The van der Waals surface area contributed by atoms with Crippen molar-refractivity contribution in [2.45, 2.75) is 127 Å². The summed E-state index contributed by atoms with van der Waals surface area (Å²) in [6.45, 7) is 2.46. The molecule has 0 saturated carbocycles. The molecule has 1 rings (SSSR count). The van der Waals surface area contributed by atoms with Crippen LogP contribution in [0.5, 0.6) is 0 Å². The Balaban J connectivity index is 2.68. The number of hydrogen-bond acceptors (Lipinski definition) is 16. The smallest absolute Gasteiger partial charge is 0.391 e. The van der Waals surface area contributed by atoms with Crippen LogP contribution in [-0.2, 0) is 51.9 Å². The van der Waals surface area contributed by atoms with Gasteiger partial charge in [-0.3, -0.25) is 28.5 Å². The molecular formula is C39H77N8O14P. The van der Waals surface area contributed by atoms with E-state index in [0.29, 0.717) is 71.4 Å². The summed E-state index contributed by atoms with van der Waals surface area (Å²) < 4.78 is 37.3. The van der Waals surface area contributed by atoms with Crippen LogP contribution in [0.4, 0.5) is 0 Å². The van der Waals surface area contributed by atoms with E-state index < -0.39 is 25.5 Å². The topological polar surface area (TPSA) is 339 Å². The highest BCUT2D eigenvalue weighted by Crippen LogP contribution is 2.42. The van der Waals surface area contributed by atoms with Crippen molar-refractivity contribution in [3.05, 3.63) is 0 Å². The molecule has 1 fully saturated rings. The summed E-state index contributed by atoms with van der Waals surface area (Å²) in [5, 5.41) is 29.9. The lowest BCUT2D eigenvalue weighted by atomic mass is 10.0. The minimum atomic E-state index is -4.63. The van der Waals surface area contributed by atoms with E-state index in [2.05, 4.69) is 30.5 Å². The Morgan fingerprint density at radius 3 is 1.47 bits per heavy atom. The average Bonchev–Trinajstić information content (AvgIpc) is 3.63. The average molecular weight is 913 g/mol. The lowest BCUT2D eigenvalue weighted by molar-refractivity contribution is -0.163. The number of β-amino-alcohol motifs (C(OH)–C–C–N with tert-alkyl or cyclic N) is 1. The van der Waals surface area contributed by atoms with Crippen molar-refractivity contribution in [3.8, 4) is 0 Å². The van der Waals surface area contributed by atoms with Crippen LogP contribution in [0.15, 0.2) is 0 Å². The van der Waals surface area contributed by atoms with Gasteiger partial charge in [-0.1, -0.05) is 38.5 Å². The molecule has 5 amide bonds. The molecule has 0 radical (unpaired) electrons. The summed E-state index contributed by atoms with van der Waals surface area (Å²) in [5.41, 5.74) is 15.3. The van der Waals surface area contributed by atoms with Crippen LogP contribution in [0.1, 0.15) is 109 Å².